The van der Waals surface area contributed by atoms with Crippen LogP contribution in [0.1, 0.15) is 56.6 Å². The molecule has 2 aromatic rings. The molecule has 0 atom stereocenters. The predicted octanol–water partition coefficient (Wildman–Crippen LogP) is -0.645. The van der Waals surface area contributed by atoms with Crippen LogP contribution in [0.25, 0.3) is 0 Å². The van der Waals surface area contributed by atoms with Crippen LogP contribution in [0.4, 0.5) is 0 Å². The molecule has 21 nitrogen and oxygen atoms in total. The van der Waals surface area contributed by atoms with E-state index >= 15 is 0 Å². The van der Waals surface area contributed by atoms with Gasteiger partial charge < -0.3 is 50.7 Å². The molecular formula is C42H62N10O11S. The van der Waals surface area contributed by atoms with Crippen LogP contribution >= 0.6 is 12.6 Å². The van der Waals surface area contributed by atoms with Crippen molar-refractivity contribution in [3.05, 3.63) is 60.2 Å². The Kier molecular flexibility index (Phi) is 25.5. The Morgan fingerprint density at radius 1 is 0.625 bits per heavy atom. The Hall–Kier alpha value is -6.00. The number of rotatable bonds is 32. The molecule has 0 aliphatic carbocycles. The third kappa shape index (κ3) is 21.4. The minimum absolute atomic E-state index is 0.00593. The van der Waals surface area contributed by atoms with E-state index in [1.165, 1.54) is 29.2 Å². The summed E-state index contributed by atoms with van der Waals surface area (Å²) in [4.78, 5) is 132. The van der Waals surface area contributed by atoms with Gasteiger partial charge in [0.05, 0.1) is 52.1 Å². The summed E-state index contributed by atoms with van der Waals surface area (Å²) < 4.78 is 0. The number of carboxylic acid groups (broad SMARTS) is 2. The highest BCUT2D eigenvalue weighted by molar-refractivity contribution is 7.80. The zero-order valence-corrected chi connectivity index (χ0v) is 37.5. The number of aliphatic carboxylic acids is 2. The number of nitrogens with zero attached hydrogens (tertiary/aromatic N) is 8. The van der Waals surface area contributed by atoms with Crippen molar-refractivity contribution >= 4 is 65.8 Å². The third-order valence-electron chi connectivity index (χ3n) is 9.59. The maximum atomic E-state index is 14.2. The molecule has 352 valence electrons. The van der Waals surface area contributed by atoms with Gasteiger partial charge in [0.1, 0.15) is 6.54 Å². The number of amides is 6. The predicted molar refractivity (Wildman–Crippen MR) is 236 cm³/mol. The van der Waals surface area contributed by atoms with E-state index in [4.69, 9.17) is 5.73 Å². The number of thiol groups is 1. The molecule has 64 heavy (non-hydrogen) atoms. The molecule has 2 aromatic heterocycles. The fourth-order valence-electron chi connectivity index (χ4n) is 6.10. The van der Waals surface area contributed by atoms with Crippen molar-refractivity contribution in [2.75, 3.05) is 91.3 Å². The topological polar surface area (TPSA) is 277 Å². The van der Waals surface area contributed by atoms with Gasteiger partial charge in [-0.25, -0.2) is 0 Å². The van der Waals surface area contributed by atoms with Gasteiger partial charge in [-0.2, -0.15) is 12.6 Å². The van der Waals surface area contributed by atoms with Crippen LogP contribution < -0.4 is 11.1 Å². The summed E-state index contributed by atoms with van der Waals surface area (Å²) in [6, 6.07) is 6.83. The second kappa shape index (κ2) is 30.1. The van der Waals surface area contributed by atoms with Gasteiger partial charge in [0.2, 0.25) is 35.4 Å². The monoisotopic (exact) mass is 914 g/mol. The molecule has 0 aliphatic rings. The summed E-state index contributed by atoms with van der Waals surface area (Å²) in [5, 5.41) is 21.7. The molecular weight excluding hydrogens is 853 g/mol. The van der Waals surface area contributed by atoms with Crippen molar-refractivity contribution in [3.8, 4) is 0 Å². The zero-order chi connectivity index (χ0) is 47.4. The molecule has 0 spiro atoms. The lowest BCUT2D eigenvalue weighted by atomic mass is 10.2. The van der Waals surface area contributed by atoms with E-state index in [1.807, 2.05) is 6.07 Å². The lowest BCUT2D eigenvalue weighted by molar-refractivity contribution is -0.148. The molecule has 0 bridgehead atoms. The number of Topliss-reactive ketones (excluding diaryl/α,β-unsaturated/α-hetero) is 1. The van der Waals surface area contributed by atoms with Crippen LogP contribution in [0.5, 0.6) is 0 Å². The molecule has 2 rings (SSSR count). The molecule has 6 amide bonds. The van der Waals surface area contributed by atoms with Gasteiger partial charge in [-0.1, -0.05) is 19.1 Å². The van der Waals surface area contributed by atoms with E-state index in [0.717, 1.165) is 25.2 Å². The average Bonchev–Trinajstić information content (AvgIpc) is 3.26. The quantitative estimate of drug-likeness (QED) is 0.0571. The Bertz CT molecular complexity index is 1840. The lowest BCUT2D eigenvalue weighted by Gasteiger charge is -2.32. The fourth-order valence-corrected chi connectivity index (χ4v) is 6.26. The van der Waals surface area contributed by atoms with Crippen molar-refractivity contribution in [2.24, 2.45) is 5.73 Å². The second-order valence-corrected chi connectivity index (χ2v) is 15.3. The van der Waals surface area contributed by atoms with Gasteiger partial charge in [0, 0.05) is 77.5 Å². The number of likely N-dealkylation sites (N-methyl/N-ethyl adjacent to an activating group) is 1. The number of ketones is 1. The standard InChI is InChI=1S/C42H62N10O11S/c1-3-16-48(37(56)29-50(18-11-41(60)61)35(54)24-46-22-32-8-4-14-44-21-32)28-38(57)49(17-7-13-43)30-40(59)52(25-33-9-5-15-45-23-33)31-39(58)51(19-12-42(62)63)27-36(55)47(2)26-34(53)10-6-20-64/h4-5,8-9,14-15,21,23,46,64H,3,6-7,10-13,16-20,22,24-31,43H2,1-2H3,(H,60,61)(H,62,63). The van der Waals surface area contributed by atoms with E-state index < -0.39 is 92.9 Å². The second-order valence-electron chi connectivity index (χ2n) is 14.9. The number of carboxylic acids is 2. The first kappa shape index (κ1) is 54.1. The van der Waals surface area contributed by atoms with Crippen molar-refractivity contribution in [3.63, 3.8) is 0 Å². The summed E-state index contributed by atoms with van der Waals surface area (Å²) >= 11 is 4.10. The number of nitrogens with one attached hydrogen (secondary N) is 1. The van der Waals surface area contributed by atoms with Crippen molar-refractivity contribution in [1.82, 2.24) is 44.7 Å². The van der Waals surface area contributed by atoms with E-state index in [1.54, 1.807) is 37.5 Å². The van der Waals surface area contributed by atoms with Crippen LogP contribution in [0.3, 0.4) is 0 Å². The van der Waals surface area contributed by atoms with Crippen molar-refractivity contribution in [1.29, 1.82) is 0 Å². The fraction of sp³-hybridized carbons (Fsp3) is 0.548. The minimum Gasteiger partial charge on any atom is -0.481 e. The van der Waals surface area contributed by atoms with E-state index in [-0.39, 0.29) is 71.0 Å². The number of hydrogen-bond donors (Lipinski definition) is 5. The maximum Gasteiger partial charge on any atom is 0.305 e. The summed E-state index contributed by atoms with van der Waals surface area (Å²) in [7, 11) is 1.39. The molecule has 0 unspecified atom stereocenters. The molecule has 2 heterocycles. The van der Waals surface area contributed by atoms with Crippen LogP contribution in [0, 0.1) is 0 Å². The smallest absolute Gasteiger partial charge is 0.305 e. The Morgan fingerprint density at radius 2 is 1.11 bits per heavy atom. The van der Waals surface area contributed by atoms with Gasteiger partial charge in [-0.05, 0) is 54.8 Å². The lowest BCUT2D eigenvalue weighted by Crippen LogP contribution is -2.52. The van der Waals surface area contributed by atoms with Crippen LogP contribution in [-0.4, -0.2) is 194 Å². The number of hydrogen-bond acceptors (Lipinski definition) is 14. The van der Waals surface area contributed by atoms with Crippen LogP contribution in [-0.2, 0) is 56.2 Å². The highest BCUT2D eigenvalue weighted by atomic mass is 32.1. The Labute approximate surface area is 378 Å². The maximum absolute atomic E-state index is 14.2. The first-order chi connectivity index (χ1) is 30.6. The molecule has 0 aliphatic heterocycles. The number of pyridine rings is 2. The average molecular weight is 915 g/mol. The summed E-state index contributed by atoms with van der Waals surface area (Å²) in [5.41, 5.74) is 7.11. The van der Waals surface area contributed by atoms with E-state index in [9.17, 15) is 53.4 Å². The first-order valence-electron chi connectivity index (χ1n) is 21.0. The number of nitrogens with two attached hydrogens (primary N) is 1. The van der Waals surface area contributed by atoms with E-state index in [0.29, 0.717) is 30.7 Å². The third-order valence-corrected chi connectivity index (χ3v) is 9.90. The Morgan fingerprint density at radius 3 is 1.61 bits per heavy atom. The number of aromatic nitrogens is 2. The van der Waals surface area contributed by atoms with Gasteiger partial charge in [0.25, 0.3) is 0 Å². The Balaban J connectivity index is 2.31. The SMILES string of the molecule is CCCN(CC(=O)N(CCCN)CC(=O)N(CC(=O)N(CCC(=O)O)CC(=O)N(C)CC(=O)CCCS)Cc1cccnc1)C(=O)CN(CCC(=O)O)C(=O)CNCc1cccnc1. The molecule has 0 aromatic carbocycles. The van der Waals surface area contributed by atoms with Gasteiger partial charge in [-0.15, -0.1) is 0 Å². The van der Waals surface area contributed by atoms with Gasteiger partial charge >= 0.3 is 11.9 Å². The number of carbonyl (C=O) groups excluding carboxylic acids is 7. The summed E-state index contributed by atoms with van der Waals surface area (Å²) in [6.45, 7) is -1.68. The molecule has 5 N–H and O–H groups in total. The molecule has 0 saturated carbocycles. The molecule has 0 radical (unpaired) electrons. The first-order valence-corrected chi connectivity index (χ1v) is 21.6. The molecule has 0 fully saturated rings. The molecule has 0 saturated heterocycles. The number of carbonyl (C=O) groups is 9. The highest BCUT2D eigenvalue weighted by Crippen LogP contribution is 2.10. The van der Waals surface area contributed by atoms with Crippen LogP contribution in [0.2, 0.25) is 0 Å². The highest BCUT2D eigenvalue weighted by Gasteiger charge is 2.29. The van der Waals surface area contributed by atoms with Gasteiger partial charge in [0.15, 0.2) is 5.78 Å². The van der Waals surface area contributed by atoms with Crippen LogP contribution in [0.15, 0.2) is 49.1 Å². The van der Waals surface area contributed by atoms with Crippen molar-refractivity contribution in [2.45, 2.75) is 58.5 Å². The normalized spacial score (nSPS) is 10.7. The van der Waals surface area contributed by atoms with Crippen molar-refractivity contribution < 1.29 is 53.4 Å². The summed E-state index contributed by atoms with van der Waals surface area (Å²) in [5.74, 6) is -6.03. The van der Waals surface area contributed by atoms with Gasteiger partial charge in [-0.3, -0.25) is 53.1 Å². The van der Waals surface area contributed by atoms with E-state index in [2.05, 4.69) is 27.9 Å². The zero-order valence-electron chi connectivity index (χ0n) is 36.6. The minimum atomic E-state index is -1.23. The largest absolute Gasteiger partial charge is 0.481 e. The molecule has 22 heteroatoms. The summed E-state index contributed by atoms with van der Waals surface area (Å²) in [6.07, 6.45) is 6.67.